The number of hydrogen-bond donors (Lipinski definition) is 2. The maximum absolute atomic E-state index is 9.57. The lowest BCUT2D eigenvalue weighted by atomic mass is 10.1. The average Bonchev–Trinajstić information content (AvgIpc) is 2.53. The predicted molar refractivity (Wildman–Crippen MR) is 84.2 cm³/mol. The minimum absolute atomic E-state index is 0.0146. The fraction of sp³-hybridized carbons (Fsp3) is 0.176. The first kappa shape index (κ1) is 13.5. The standard InChI is InChI=1S/C17H17N3O/c1-12-7-8-15-14(9-12)10-18-17(19-15)20-16(11-21)13-5-3-2-4-6-13/h2-10,16,21H,11H2,1H3,(H,18,19,20)/t16-/m0/s1. The van der Waals surface area contributed by atoms with Gasteiger partial charge in [-0.25, -0.2) is 9.97 Å². The number of aliphatic hydroxyl groups is 1. The minimum atomic E-state index is -0.214. The van der Waals surface area contributed by atoms with Crippen LogP contribution in [0.3, 0.4) is 0 Å². The van der Waals surface area contributed by atoms with Crippen molar-refractivity contribution < 1.29 is 5.11 Å². The highest BCUT2D eigenvalue weighted by atomic mass is 16.3. The molecule has 0 aliphatic heterocycles. The van der Waals surface area contributed by atoms with Gasteiger partial charge in [0.2, 0.25) is 5.95 Å². The van der Waals surface area contributed by atoms with Gasteiger partial charge in [-0.3, -0.25) is 0 Å². The molecule has 1 aromatic heterocycles. The minimum Gasteiger partial charge on any atom is -0.394 e. The van der Waals surface area contributed by atoms with Crippen LogP contribution in [0.4, 0.5) is 5.95 Å². The number of anilines is 1. The van der Waals surface area contributed by atoms with Crippen LogP contribution in [0.5, 0.6) is 0 Å². The van der Waals surface area contributed by atoms with Crippen LogP contribution in [-0.2, 0) is 0 Å². The third kappa shape index (κ3) is 3.01. The van der Waals surface area contributed by atoms with Crippen molar-refractivity contribution >= 4 is 16.9 Å². The number of benzene rings is 2. The molecule has 0 bridgehead atoms. The van der Waals surface area contributed by atoms with Gasteiger partial charge in [-0.1, -0.05) is 42.0 Å². The molecular weight excluding hydrogens is 262 g/mol. The summed E-state index contributed by atoms with van der Waals surface area (Å²) in [5.41, 5.74) is 3.08. The van der Waals surface area contributed by atoms with Crippen molar-refractivity contribution in [1.29, 1.82) is 0 Å². The second-order valence-corrected chi connectivity index (χ2v) is 5.05. The van der Waals surface area contributed by atoms with Crippen molar-refractivity contribution in [3.63, 3.8) is 0 Å². The lowest BCUT2D eigenvalue weighted by molar-refractivity contribution is 0.276. The van der Waals surface area contributed by atoms with Gasteiger partial charge in [0.15, 0.2) is 0 Å². The first-order chi connectivity index (χ1) is 10.3. The van der Waals surface area contributed by atoms with E-state index >= 15 is 0 Å². The summed E-state index contributed by atoms with van der Waals surface area (Å²) in [5.74, 6) is 0.522. The fourth-order valence-electron chi connectivity index (χ4n) is 2.30. The molecule has 4 nitrogen and oxygen atoms in total. The summed E-state index contributed by atoms with van der Waals surface area (Å²) >= 11 is 0. The van der Waals surface area contributed by atoms with Gasteiger partial charge < -0.3 is 10.4 Å². The number of aliphatic hydroxyl groups excluding tert-OH is 1. The quantitative estimate of drug-likeness (QED) is 0.770. The van der Waals surface area contributed by atoms with Crippen LogP contribution in [0.1, 0.15) is 17.2 Å². The van der Waals surface area contributed by atoms with Crippen LogP contribution in [0.15, 0.2) is 54.7 Å². The Labute approximate surface area is 123 Å². The summed E-state index contributed by atoms with van der Waals surface area (Å²) in [5, 5.41) is 13.8. The molecule has 1 atom stereocenters. The van der Waals surface area contributed by atoms with Gasteiger partial charge in [-0.15, -0.1) is 0 Å². The molecule has 0 aliphatic rings. The first-order valence-corrected chi connectivity index (χ1v) is 6.92. The molecular formula is C17H17N3O. The van der Waals surface area contributed by atoms with E-state index in [0.29, 0.717) is 5.95 Å². The second kappa shape index (κ2) is 5.89. The average molecular weight is 279 g/mol. The number of aryl methyl sites for hydroxylation is 1. The molecule has 3 aromatic rings. The van der Waals surface area contributed by atoms with Crippen molar-refractivity contribution in [3.8, 4) is 0 Å². The van der Waals surface area contributed by atoms with Crippen LogP contribution in [-0.4, -0.2) is 21.7 Å². The molecule has 21 heavy (non-hydrogen) atoms. The summed E-state index contributed by atoms with van der Waals surface area (Å²) in [6.45, 7) is 2.03. The SMILES string of the molecule is Cc1ccc2nc(N[C@@H](CO)c3ccccc3)ncc2c1. The van der Waals surface area contributed by atoms with Gasteiger partial charge in [0.05, 0.1) is 18.2 Å². The maximum atomic E-state index is 9.57. The van der Waals surface area contributed by atoms with E-state index in [0.717, 1.165) is 16.5 Å². The number of nitrogens with zero attached hydrogens (tertiary/aromatic N) is 2. The van der Waals surface area contributed by atoms with Crippen molar-refractivity contribution in [1.82, 2.24) is 9.97 Å². The second-order valence-electron chi connectivity index (χ2n) is 5.05. The number of hydrogen-bond acceptors (Lipinski definition) is 4. The Kier molecular flexibility index (Phi) is 3.79. The summed E-state index contributed by atoms with van der Waals surface area (Å²) in [6, 6.07) is 15.6. The van der Waals surface area contributed by atoms with E-state index in [2.05, 4.69) is 21.4 Å². The zero-order valence-corrected chi connectivity index (χ0v) is 11.8. The van der Waals surface area contributed by atoms with Crippen molar-refractivity contribution in [2.24, 2.45) is 0 Å². The fourth-order valence-corrected chi connectivity index (χ4v) is 2.30. The largest absolute Gasteiger partial charge is 0.394 e. The van der Waals surface area contributed by atoms with Crippen LogP contribution < -0.4 is 5.32 Å². The Morgan fingerprint density at radius 3 is 2.71 bits per heavy atom. The van der Waals surface area contributed by atoms with Crippen LogP contribution in [0, 0.1) is 6.92 Å². The van der Waals surface area contributed by atoms with Gasteiger partial charge >= 0.3 is 0 Å². The number of fused-ring (bicyclic) bond motifs is 1. The highest BCUT2D eigenvalue weighted by molar-refractivity contribution is 5.79. The van der Waals surface area contributed by atoms with Crippen molar-refractivity contribution in [2.45, 2.75) is 13.0 Å². The van der Waals surface area contributed by atoms with Gasteiger partial charge in [0.25, 0.3) is 0 Å². The Balaban J connectivity index is 1.88. The highest BCUT2D eigenvalue weighted by Crippen LogP contribution is 2.19. The zero-order chi connectivity index (χ0) is 14.7. The molecule has 0 spiro atoms. The third-order valence-electron chi connectivity index (χ3n) is 3.42. The van der Waals surface area contributed by atoms with E-state index in [-0.39, 0.29) is 12.6 Å². The van der Waals surface area contributed by atoms with E-state index in [4.69, 9.17) is 0 Å². The summed E-state index contributed by atoms with van der Waals surface area (Å²) < 4.78 is 0. The Morgan fingerprint density at radius 2 is 1.95 bits per heavy atom. The summed E-state index contributed by atoms with van der Waals surface area (Å²) in [4.78, 5) is 8.82. The summed E-state index contributed by atoms with van der Waals surface area (Å²) in [7, 11) is 0. The molecule has 3 rings (SSSR count). The Morgan fingerprint density at radius 1 is 1.14 bits per heavy atom. The van der Waals surface area contributed by atoms with E-state index in [1.165, 1.54) is 5.56 Å². The molecule has 0 fully saturated rings. The van der Waals surface area contributed by atoms with Crippen LogP contribution in [0.25, 0.3) is 10.9 Å². The zero-order valence-electron chi connectivity index (χ0n) is 11.8. The molecule has 0 aliphatic carbocycles. The molecule has 0 unspecified atom stereocenters. The molecule has 0 radical (unpaired) electrons. The number of nitrogens with one attached hydrogen (secondary N) is 1. The monoisotopic (exact) mass is 279 g/mol. The van der Waals surface area contributed by atoms with Crippen molar-refractivity contribution in [2.75, 3.05) is 11.9 Å². The first-order valence-electron chi connectivity index (χ1n) is 6.92. The van der Waals surface area contributed by atoms with Gasteiger partial charge in [-0.2, -0.15) is 0 Å². The normalized spacial score (nSPS) is 12.3. The Hall–Kier alpha value is -2.46. The molecule has 1 heterocycles. The molecule has 0 amide bonds. The number of aromatic nitrogens is 2. The topological polar surface area (TPSA) is 58.0 Å². The van der Waals surface area contributed by atoms with Crippen LogP contribution in [0.2, 0.25) is 0 Å². The van der Waals surface area contributed by atoms with Crippen LogP contribution >= 0.6 is 0 Å². The highest BCUT2D eigenvalue weighted by Gasteiger charge is 2.11. The smallest absolute Gasteiger partial charge is 0.223 e. The van der Waals surface area contributed by atoms with E-state index in [9.17, 15) is 5.11 Å². The summed E-state index contributed by atoms with van der Waals surface area (Å²) in [6.07, 6.45) is 1.80. The molecule has 2 N–H and O–H groups in total. The third-order valence-corrected chi connectivity index (χ3v) is 3.42. The maximum Gasteiger partial charge on any atom is 0.223 e. The van der Waals surface area contributed by atoms with Gasteiger partial charge in [0.1, 0.15) is 0 Å². The van der Waals surface area contributed by atoms with E-state index in [1.807, 2.05) is 49.4 Å². The van der Waals surface area contributed by atoms with E-state index < -0.39 is 0 Å². The molecule has 4 heteroatoms. The molecule has 2 aromatic carbocycles. The Bertz CT molecular complexity index is 743. The van der Waals surface area contributed by atoms with Gasteiger partial charge in [0, 0.05) is 11.6 Å². The lowest BCUT2D eigenvalue weighted by Gasteiger charge is -2.16. The lowest BCUT2D eigenvalue weighted by Crippen LogP contribution is -2.16. The molecule has 0 saturated heterocycles. The molecule has 106 valence electrons. The van der Waals surface area contributed by atoms with E-state index in [1.54, 1.807) is 6.20 Å². The predicted octanol–water partition coefficient (Wildman–Crippen LogP) is 3.08. The van der Waals surface area contributed by atoms with Crippen molar-refractivity contribution in [3.05, 3.63) is 65.9 Å². The number of rotatable bonds is 4. The van der Waals surface area contributed by atoms with Gasteiger partial charge in [-0.05, 0) is 24.6 Å². The molecule has 0 saturated carbocycles.